The quantitative estimate of drug-likeness (QED) is 0.708. The summed E-state index contributed by atoms with van der Waals surface area (Å²) in [5.41, 5.74) is 3.60. The summed E-state index contributed by atoms with van der Waals surface area (Å²) in [5, 5.41) is 9.40. The van der Waals surface area contributed by atoms with Gasteiger partial charge >= 0.3 is 0 Å². The molecule has 0 amide bonds. The highest BCUT2D eigenvalue weighted by Crippen LogP contribution is 2.19. The monoisotopic (exact) mass is 386 g/mol. The highest BCUT2D eigenvalue weighted by molar-refractivity contribution is 14.1. The van der Waals surface area contributed by atoms with Crippen molar-refractivity contribution < 1.29 is 0 Å². The molecule has 1 unspecified atom stereocenters. The van der Waals surface area contributed by atoms with Crippen LogP contribution in [0.15, 0.2) is 12.3 Å². The van der Waals surface area contributed by atoms with Crippen LogP contribution < -0.4 is 0 Å². The van der Waals surface area contributed by atoms with E-state index in [0.29, 0.717) is 6.04 Å². The molecule has 0 saturated heterocycles. The van der Waals surface area contributed by atoms with Gasteiger partial charge in [0.1, 0.15) is 0 Å². The van der Waals surface area contributed by atoms with Gasteiger partial charge in [-0.05, 0) is 54.8 Å². The molecule has 2 aromatic rings. The fraction of sp³-hybridized carbons (Fsp3) is 0.600. The molecule has 110 valence electrons. The average Bonchev–Trinajstić information content (AvgIpc) is 3.03. The lowest BCUT2D eigenvalue weighted by Gasteiger charge is -2.08. The highest BCUT2D eigenvalue weighted by atomic mass is 127. The first-order chi connectivity index (χ1) is 9.60. The summed E-state index contributed by atoms with van der Waals surface area (Å²) in [6.45, 7) is 9.49. The number of halogens is 1. The maximum absolute atomic E-state index is 4.73. The highest BCUT2D eigenvalue weighted by Gasteiger charge is 2.14. The Morgan fingerprint density at radius 2 is 1.95 bits per heavy atom. The van der Waals surface area contributed by atoms with Crippen LogP contribution >= 0.6 is 22.6 Å². The van der Waals surface area contributed by atoms with Gasteiger partial charge in [-0.25, -0.2) is 0 Å². The summed E-state index contributed by atoms with van der Waals surface area (Å²) in [6, 6.07) is 2.56. The minimum absolute atomic E-state index is 0.457. The van der Waals surface area contributed by atoms with Crippen molar-refractivity contribution in [1.82, 2.24) is 19.6 Å². The van der Waals surface area contributed by atoms with Crippen molar-refractivity contribution in [2.45, 2.75) is 59.5 Å². The van der Waals surface area contributed by atoms with E-state index in [1.807, 2.05) is 0 Å². The predicted octanol–water partition coefficient (Wildman–Crippen LogP) is 3.83. The minimum atomic E-state index is 0.457. The molecule has 0 aliphatic carbocycles. The van der Waals surface area contributed by atoms with Gasteiger partial charge < -0.3 is 0 Å². The molecule has 0 radical (unpaired) electrons. The minimum Gasteiger partial charge on any atom is -0.270 e. The molecule has 0 bridgehead atoms. The Hall–Kier alpha value is -0.850. The molecule has 1 atom stereocenters. The van der Waals surface area contributed by atoms with Crippen molar-refractivity contribution in [2.75, 3.05) is 0 Å². The molecule has 2 aromatic heterocycles. The maximum atomic E-state index is 4.73. The summed E-state index contributed by atoms with van der Waals surface area (Å²) in [5.74, 6) is 0. The van der Waals surface area contributed by atoms with Gasteiger partial charge in [-0.2, -0.15) is 10.2 Å². The Morgan fingerprint density at radius 1 is 1.20 bits per heavy atom. The molecule has 0 aliphatic rings. The predicted molar refractivity (Wildman–Crippen MR) is 90.0 cm³/mol. The molecule has 0 fully saturated rings. The largest absolute Gasteiger partial charge is 0.270 e. The number of nitrogens with zero attached hydrogens (tertiary/aromatic N) is 4. The molecule has 4 nitrogen and oxygen atoms in total. The third kappa shape index (κ3) is 3.07. The molecule has 2 rings (SSSR count). The van der Waals surface area contributed by atoms with E-state index in [0.717, 1.165) is 31.5 Å². The van der Waals surface area contributed by atoms with Gasteiger partial charge in [0.05, 0.1) is 27.2 Å². The third-order valence-electron chi connectivity index (χ3n) is 3.75. The van der Waals surface area contributed by atoms with Crippen molar-refractivity contribution in [3.63, 3.8) is 0 Å². The smallest absolute Gasteiger partial charge is 0.0853 e. The second-order valence-electron chi connectivity index (χ2n) is 5.12. The Bertz CT molecular complexity index is 570. The van der Waals surface area contributed by atoms with Crippen LogP contribution in [0.3, 0.4) is 0 Å². The standard InChI is InChI=1S/C15H23IN4/c1-5-11(4)19-9-8-12(17-19)10-20-14(7-3)15(16)13(6-2)18-20/h8-9,11H,5-7,10H2,1-4H3. The van der Waals surface area contributed by atoms with E-state index in [1.54, 1.807) is 0 Å². The molecule has 20 heavy (non-hydrogen) atoms. The lowest BCUT2D eigenvalue weighted by molar-refractivity contribution is 0.470. The second-order valence-corrected chi connectivity index (χ2v) is 6.20. The normalized spacial score (nSPS) is 12.8. The van der Waals surface area contributed by atoms with Crippen LogP contribution in [0.25, 0.3) is 0 Å². The van der Waals surface area contributed by atoms with E-state index in [4.69, 9.17) is 5.10 Å². The number of hydrogen-bond acceptors (Lipinski definition) is 2. The van der Waals surface area contributed by atoms with E-state index in [9.17, 15) is 0 Å². The Morgan fingerprint density at radius 3 is 2.55 bits per heavy atom. The van der Waals surface area contributed by atoms with Gasteiger partial charge in [0.2, 0.25) is 0 Å². The van der Waals surface area contributed by atoms with E-state index in [-0.39, 0.29) is 0 Å². The van der Waals surface area contributed by atoms with Crippen LogP contribution in [0.4, 0.5) is 0 Å². The van der Waals surface area contributed by atoms with E-state index in [1.165, 1.54) is 15.0 Å². The van der Waals surface area contributed by atoms with Crippen LogP contribution in [-0.2, 0) is 19.4 Å². The fourth-order valence-corrected chi connectivity index (χ4v) is 3.42. The SMILES string of the molecule is CCc1nn(Cc2ccn(C(C)CC)n2)c(CC)c1I. The fourth-order valence-electron chi connectivity index (χ4n) is 2.27. The maximum Gasteiger partial charge on any atom is 0.0853 e. The zero-order valence-electron chi connectivity index (χ0n) is 12.7. The first kappa shape index (κ1) is 15.5. The Labute approximate surface area is 134 Å². The number of aromatic nitrogens is 4. The molecule has 5 heteroatoms. The summed E-state index contributed by atoms with van der Waals surface area (Å²) < 4.78 is 5.48. The Balaban J connectivity index is 2.23. The second kappa shape index (κ2) is 6.74. The van der Waals surface area contributed by atoms with E-state index >= 15 is 0 Å². The van der Waals surface area contributed by atoms with E-state index in [2.05, 4.69) is 77.0 Å². The molecule has 0 N–H and O–H groups in total. The van der Waals surface area contributed by atoms with Crippen LogP contribution in [0, 0.1) is 3.57 Å². The molecule has 0 spiro atoms. The van der Waals surface area contributed by atoms with E-state index < -0.39 is 0 Å². The number of rotatable bonds is 6. The molecule has 0 aliphatic heterocycles. The molecule has 0 saturated carbocycles. The first-order valence-corrected chi connectivity index (χ1v) is 8.46. The zero-order chi connectivity index (χ0) is 14.7. The molecular formula is C15H23IN4. The molecule has 0 aromatic carbocycles. The lowest BCUT2D eigenvalue weighted by atomic mass is 10.2. The van der Waals surface area contributed by atoms with Gasteiger partial charge in [0.25, 0.3) is 0 Å². The van der Waals surface area contributed by atoms with Crippen LogP contribution in [0.2, 0.25) is 0 Å². The summed E-state index contributed by atoms with van der Waals surface area (Å²) in [6.07, 6.45) is 5.17. The molecular weight excluding hydrogens is 363 g/mol. The van der Waals surface area contributed by atoms with Gasteiger partial charge in [-0.3, -0.25) is 9.36 Å². The van der Waals surface area contributed by atoms with Crippen molar-refractivity contribution in [3.8, 4) is 0 Å². The van der Waals surface area contributed by atoms with Crippen molar-refractivity contribution >= 4 is 22.6 Å². The van der Waals surface area contributed by atoms with Gasteiger partial charge in [0.15, 0.2) is 0 Å². The zero-order valence-corrected chi connectivity index (χ0v) is 14.9. The van der Waals surface area contributed by atoms with Crippen LogP contribution in [0.5, 0.6) is 0 Å². The van der Waals surface area contributed by atoms with Crippen LogP contribution in [0.1, 0.15) is 57.2 Å². The van der Waals surface area contributed by atoms with Crippen molar-refractivity contribution in [2.24, 2.45) is 0 Å². The third-order valence-corrected chi connectivity index (χ3v) is 4.99. The topological polar surface area (TPSA) is 35.6 Å². The average molecular weight is 386 g/mol. The van der Waals surface area contributed by atoms with Gasteiger partial charge in [-0.1, -0.05) is 20.8 Å². The van der Waals surface area contributed by atoms with Crippen molar-refractivity contribution in [3.05, 3.63) is 32.9 Å². The Kier molecular flexibility index (Phi) is 5.23. The van der Waals surface area contributed by atoms with Gasteiger partial charge in [0, 0.05) is 12.2 Å². The molecule has 2 heterocycles. The van der Waals surface area contributed by atoms with Gasteiger partial charge in [-0.15, -0.1) is 0 Å². The lowest BCUT2D eigenvalue weighted by Crippen LogP contribution is -2.09. The summed E-state index contributed by atoms with van der Waals surface area (Å²) >= 11 is 2.42. The first-order valence-electron chi connectivity index (χ1n) is 7.38. The number of aryl methyl sites for hydroxylation is 1. The number of hydrogen-bond donors (Lipinski definition) is 0. The van der Waals surface area contributed by atoms with Crippen molar-refractivity contribution in [1.29, 1.82) is 0 Å². The summed E-state index contributed by atoms with van der Waals surface area (Å²) in [7, 11) is 0. The van der Waals surface area contributed by atoms with Crippen LogP contribution in [-0.4, -0.2) is 19.6 Å². The summed E-state index contributed by atoms with van der Waals surface area (Å²) in [4.78, 5) is 0.